The molecule has 0 aliphatic heterocycles. The van der Waals surface area contributed by atoms with Crippen molar-refractivity contribution in [2.24, 2.45) is 0 Å². The summed E-state index contributed by atoms with van der Waals surface area (Å²) in [6.07, 6.45) is 0. The van der Waals surface area contributed by atoms with Gasteiger partial charge in [-0.1, -0.05) is 23.7 Å². The Balaban J connectivity index is 1.91. The number of nitrogens with zero attached hydrogens (tertiary/aromatic N) is 1. The Morgan fingerprint density at radius 1 is 0.914 bits per heavy atom. The van der Waals surface area contributed by atoms with E-state index in [0.29, 0.717) is 28.6 Å². The van der Waals surface area contributed by atoms with Gasteiger partial charge < -0.3 is 14.8 Å². The molecule has 1 N–H and O–H groups in total. The van der Waals surface area contributed by atoms with Crippen molar-refractivity contribution in [3.8, 4) is 5.75 Å². The summed E-state index contributed by atoms with van der Waals surface area (Å²) in [4.78, 5) is 24.7. The largest absolute Gasteiger partial charge is 0.492 e. The lowest BCUT2D eigenvalue weighted by Gasteiger charge is -2.26. The molecule has 0 saturated heterocycles. The van der Waals surface area contributed by atoms with E-state index < -0.39 is 28.4 Å². The predicted octanol–water partition coefficient (Wildman–Crippen LogP) is 4.75. The number of anilines is 2. The Morgan fingerprint density at radius 3 is 2.20 bits per heavy atom. The standard InChI is InChI=1S/C25H25ClN2O6S/c1-3-33-23-8-6-5-7-22(23)28(35(31,32)21-15-11-19(26)12-16-21)17-24(29)27-20-13-9-18(10-14-20)25(30)34-4-2/h5-16H,3-4,17H2,1-2H3,(H,27,29). The molecule has 0 aliphatic carbocycles. The van der Waals surface area contributed by atoms with Crippen LogP contribution in [0.25, 0.3) is 0 Å². The molecule has 184 valence electrons. The molecule has 35 heavy (non-hydrogen) atoms. The van der Waals surface area contributed by atoms with Crippen molar-refractivity contribution < 1.29 is 27.5 Å². The molecule has 0 atom stereocenters. The molecule has 0 heterocycles. The van der Waals surface area contributed by atoms with E-state index >= 15 is 0 Å². The molecular formula is C25H25ClN2O6S. The van der Waals surface area contributed by atoms with E-state index in [1.54, 1.807) is 38.1 Å². The Bertz CT molecular complexity index is 1280. The van der Waals surface area contributed by atoms with Gasteiger partial charge in [-0.3, -0.25) is 9.10 Å². The number of carbonyl (C=O) groups excluding carboxylic acids is 2. The fraction of sp³-hybridized carbons (Fsp3) is 0.200. The highest BCUT2D eigenvalue weighted by Crippen LogP contribution is 2.32. The zero-order valence-corrected chi connectivity index (χ0v) is 20.8. The monoisotopic (exact) mass is 516 g/mol. The maximum absolute atomic E-state index is 13.6. The van der Waals surface area contributed by atoms with Crippen molar-refractivity contribution in [2.75, 3.05) is 29.4 Å². The molecule has 3 aromatic carbocycles. The van der Waals surface area contributed by atoms with Crippen LogP contribution in [0.15, 0.2) is 77.7 Å². The van der Waals surface area contributed by atoms with Gasteiger partial charge in [-0.05, 0) is 74.5 Å². The van der Waals surface area contributed by atoms with Crippen molar-refractivity contribution in [3.05, 3.63) is 83.4 Å². The lowest BCUT2D eigenvalue weighted by molar-refractivity contribution is -0.114. The zero-order valence-electron chi connectivity index (χ0n) is 19.2. The van der Waals surface area contributed by atoms with Crippen LogP contribution in [0.1, 0.15) is 24.2 Å². The maximum Gasteiger partial charge on any atom is 0.338 e. The molecule has 8 nitrogen and oxygen atoms in total. The number of benzene rings is 3. The summed E-state index contributed by atoms with van der Waals surface area (Å²) in [6, 6.07) is 18.4. The van der Waals surface area contributed by atoms with E-state index in [0.717, 1.165) is 4.31 Å². The van der Waals surface area contributed by atoms with Gasteiger partial charge in [-0.25, -0.2) is 13.2 Å². The van der Waals surface area contributed by atoms with Crippen LogP contribution in [0.4, 0.5) is 11.4 Å². The van der Waals surface area contributed by atoms with Crippen molar-refractivity contribution in [3.63, 3.8) is 0 Å². The summed E-state index contributed by atoms with van der Waals surface area (Å²) in [7, 11) is -4.15. The van der Waals surface area contributed by atoms with Crippen molar-refractivity contribution >= 4 is 44.9 Å². The van der Waals surface area contributed by atoms with Gasteiger partial charge in [0.15, 0.2) is 0 Å². The summed E-state index contributed by atoms with van der Waals surface area (Å²) in [5.74, 6) is -0.741. The molecule has 10 heteroatoms. The number of amides is 1. The van der Waals surface area contributed by atoms with E-state index in [4.69, 9.17) is 21.1 Å². The van der Waals surface area contributed by atoms with Crippen LogP contribution in [-0.4, -0.2) is 40.1 Å². The number of esters is 1. The number of sulfonamides is 1. The summed E-state index contributed by atoms with van der Waals surface area (Å²) in [6.45, 7) is 3.53. The number of rotatable bonds is 10. The predicted molar refractivity (Wildman–Crippen MR) is 135 cm³/mol. The molecular weight excluding hydrogens is 492 g/mol. The second-order valence-corrected chi connectivity index (χ2v) is 9.51. The first-order chi connectivity index (χ1) is 16.8. The second-order valence-electron chi connectivity index (χ2n) is 7.21. The van der Waals surface area contributed by atoms with E-state index in [-0.39, 0.29) is 17.2 Å². The lowest BCUT2D eigenvalue weighted by Crippen LogP contribution is -2.38. The van der Waals surface area contributed by atoms with Gasteiger partial charge in [-0.2, -0.15) is 0 Å². The van der Waals surface area contributed by atoms with Gasteiger partial charge >= 0.3 is 5.97 Å². The molecule has 0 radical (unpaired) electrons. The highest BCUT2D eigenvalue weighted by molar-refractivity contribution is 7.92. The average Bonchev–Trinajstić information content (AvgIpc) is 2.84. The Morgan fingerprint density at radius 2 is 1.57 bits per heavy atom. The van der Waals surface area contributed by atoms with Crippen molar-refractivity contribution in [1.82, 2.24) is 0 Å². The quantitative estimate of drug-likeness (QED) is 0.390. The highest BCUT2D eigenvalue weighted by atomic mass is 35.5. The third-order valence-electron chi connectivity index (χ3n) is 4.80. The number of para-hydroxylation sites is 2. The Labute approximate surface area is 209 Å². The molecule has 3 aromatic rings. The number of ether oxygens (including phenoxy) is 2. The topological polar surface area (TPSA) is 102 Å². The van der Waals surface area contributed by atoms with E-state index in [1.807, 2.05) is 0 Å². The lowest BCUT2D eigenvalue weighted by atomic mass is 10.2. The van der Waals surface area contributed by atoms with Crippen LogP contribution >= 0.6 is 11.6 Å². The minimum absolute atomic E-state index is 0.0280. The summed E-state index contributed by atoms with van der Waals surface area (Å²) in [5.41, 5.74) is 0.949. The van der Waals surface area contributed by atoms with Crippen LogP contribution in [0, 0.1) is 0 Å². The van der Waals surface area contributed by atoms with Crippen LogP contribution in [0.3, 0.4) is 0 Å². The Hall–Kier alpha value is -3.56. The maximum atomic E-state index is 13.6. The fourth-order valence-corrected chi connectivity index (χ4v) is 4.77. The third kappa shape index (κ3) is 6.52. The minimum atomic E-state index is -4.15. The number of hydrogen-bond donors (Lipinski definition) is 1. The number of nitrogens with one attached hydrogen (secondary N) is 1. The van der Waals surface area contributed by atoms with E-state index in [2.05, 4.69) is 5.32 Å². The number of carbonyl (C=O) groups is 2. The van der Waals surface area contributed by atoms with E-state index in [9.17, 15) is 18.0 Å². The van der Waals surface area contributed by atoms with Crippen LogP contribution in [-0.2, 0) is 19.6 Å². The van der Waals surface area contributed by atoms with Gasteiger partial charge in [0.25, 0.3) is 10.0 Å². The molecule has 0 fully saturated rings. The summed E-state index contributed by atoms with van der Waals surface area (Å²) in [5, 5.41) is 3.05. The molecule has 0 bridgehead atoms. The Kier molecular flexibility index (Phi) is 8.73. The SMILES string of the molecule is CCOC(=O)c1ccc(NC(=O)CN(c2ccccc2OCC)S(=O)(=O)c2ccc(Cl)cc2)cc1. The van der Waals surface area contributed by atoms with Gasteiger partial charge in [0.05, 0.1) is 29.4 Å². The normalized spacial score (nSPS) is 10.9. The molecule has 0 spiro atoms. The summed E-state index contributed by atoms with van der Waals surface area (Å²) < 4.78 is 38.7. The van der Waals surface area contributed by atoms with Gasteiger partial charge in [0.1, 0.15) is 12.3 Å². The first-order valence-electron chi connectivity index (χ1n) is 10.8. The first kappa shape index (κ1) is 26.1. The molecule has 0 aliphatic rings. The van der Waals surface area contributed by atoms with Gasteiger partial charge in [0, 0.05) is 10.7 Å². The number of halogens is 1. The van der Waals surface area contributed by atoms with Gasteiger partial charge in [0.2, 0.25) is 5.91 Å². The molecule has 1 amide bonds. The molecule has 0 aromatic heterocycles. The van der Waals surface area contributed by atoms with Crippen LogP contribution < -0.4 is 14.4 Å². The highest BCUT2D eigenvalue weighted by Gasteiger charge is 2.29. The van der Waals surface area contributed by atoms with Crippen LogP contribution in [0.2, 0.25) is 5.02 Å². The van der Waals surface area contributed by atoms with Crippen LogP contribution in [0.5, 0.6) is 5.75 Å². The first-order valence-corrected chi connectivity index (χ1v) is 12.6. The van der Waals surface area contributed by atoms with Gasteiger partial charge in [-0.15, -0.1) is 0 Å². The smallest absolute Gasteiger partial charge is 0.338 e. The fourth-order valence-electron chi connectivity index (χ4n) is 3.21. The molecule has 0 saturated carbocycles. The van der Waals surface area contributed by atoms with Crippen molar-refractivity contribution in [1.29, 1.82) is 0 Å². The average molecular weight is 517 g/mol. The third-order valence-corrected chi connectivity index (χ3v) is 6.83. The molecule has 0 unspecified atom stereocenters. The summed E-state index contributed by atoms with van der Waals surface area (Å²) >= 11 is 5.93. The molecule has 3 rings (SSSR count). The minimum Gasteiger partial charge on any atom is -0.492 e. The van der Waals surface area contributed by atoms with Crippen molar-refractivity contribution in [2.45, 2.75) is 18.7 Å². The second kappa shape index (κ2) is 11.7. The number of hydrogen-bond acceptors (Lipinski definition) is 6. The zero-order chi connectivity index (χ0) is 25.4. The van der Waals surface area contributed by atoms with E-state index in [1.165, 1.54) is 48.5 Å².